The minimum Gasteiger partial charge on any atom is -0.375 e. The zero-order chi connectivity index (χ0) is 18.2. The highest BCUT2D eigenvalue weighted by atomic mass is 79.9. The Morgan fingerprint density at radius 3 is 2.56 bits per heavy atom. The SMILES string of the molecule is CCCN1C(=O)[C@](O)(CC(=O)c2cccc(Br)c2)c2cc(Br)ccc21. The van der Waals surface area contributed by atoms with Gasteiger partial charge in [-0.2, -0.15) is 0 Å². The molecule has 0 fully saturated rings. The Morgan fingerprint density at radius 1 is 1.16 bits per heavy atom. The zero-order valence-corrected chi connectivity index (χ0v) is 16.8. The predicted octanol–water partition coefficient (Wildman–Crippen LogP) is 4.43. The lowest BCUT2D eigenvalue weighted by Gasteiger charge is -2.22. The minimum absolute atomic E-state index is 0.276. The summed E-state index contributed by atoms with van der Waals surface area (Å²) in [5.41, 5.74) is -0.238. The first kappa shape index (κ1) is 18.3. The van der Waals surface area contributed by atoms with E-state index in [0.29, 0.717) is 23.4 Å². The Balaban J connectivity index is 2.01. The van der Waals surface area contributed by atoms with Crippen molar-refractivity contribution in [3.8, 4) is 0 Å². The molecule has 25 heavy (non-hydrogen) atoms. The molecule has 1 N–H and O–H groups in total. The van der Waals surface area contributed by atoms with Gasteiger partial charge >= 0.3 is 0 Å². The topological polar surface area (TPSA) is 57.6 Å². The third-order valence-electron chi connectivity index (χ3n) is 4.30. The fraction of sp³-hybridized carbons (Fsp3) is 0.263. The van der Waals surface area contributed by atoms with E-state index in [1.54, 1.807) is 35.2 Å². The number of amides is 1. The van der Waals surface area contributed by atoms with Crippen molar-refractivity contribution in [1.29, 1.82) is 0 Å². The zero-order valence-electron chi connectivity index (χ0n) is 13.6. The molecule has 1 heterocycles. The van der Waals surface area contributed by atoms with Gasteiger partial charge < -0.3 is 10.0 Å². The summed E-state index contributed by atoms with van der Waals surface area (Å²) in [4.78, 5) is 27.2. The summed E-state index contributed by atoms with van der Waals surface area (Å²) in [5, 5.41) is 11.2. The van der Waals surface area contributed by atoms with Gasteiger partial charge in [-0.15, -0.1) is 0 Å². The summed E-state index contributed by atoms with van der Waals surface area (Å²) < 4.78 is 1.53. The van der Waals surface area contributed by atoms with Gasteiger partial charge in [-0.1, -0.05) is 50.9 Å². The van der Waals surface area contributed by atoms with E-state index in [1.165, 1.54) is 0 Å². The number of halogens is 2. The summed E-state index contributed by atoms with van der Waals surface area (Å²) >= 11 is 6.72. The summed E-state index contributed by atoms with van der Waals surface area (Å²) in [6.45, 7) is 2.47. The molecule has 0 spiro atoms. The molecule has 1 amide bonds. The van der Waals surface area contributed by atoms with E-state index in [1.807, 2.05) is 19.1 Å². The van der Waals surface area contributed by atoms with Crippen LogP contribution in [0.1, 0.15) is 35.7 Å². The Labute approximate surface area is 163 Å². The van der Waals surface area contributed by atoms with Gasteiger partial charge in [0.2, 0.25) is 0 Å². The number of benzene rings is 2. The maximum absolute atomic E-state index is 12.9. The Morgan fingerprint density at radius 2 is 1.88 bits per heavy atom. The lowest BCUT2D eigenvalue weighted by molar-refractivity contribution is -0.135. The number of anilines is 1. The average molecular weight is 467 g/mol. The smallest absolute Gasteiger partial charge is 0.264 e. The number of hydrogen-bond acceptors (Lipinski definition) is 3. The molecule has 3 rings (SSSR count). The van der Waals surface area contributed by atoms with Crippen molar-refractivity contribution >= 4 is 49.2 Å². The molecule has 0 aromatic heterocycles. The van der Waals surface area contributed by atoms with E-state index >= 15 is 0 Å². The van der Waals surface area contributed by atoms with Crippen LogP contribution < -0.4 is 4.90 Å². The molecule has 0 saturated carbocycles. The fourth-order valence-electron chi connectivity index (χ4n) is 3.14. The van der Waals surface area contributed by atoms with Gasteiger partial charge in [-0.05, 0) is 36.8 Å². The molecule has 1 aliphatic rings. The summed E-state index contributed by atoms with van der Waals surface area (Å²) in [5.74, 6) is -0.716. The van der Waals surface area contributed by atoms with Gasteiger partial charge in [0.15, 0.2) is 11.4 Å². The molecule has 1 atom stereocenters. The van der Waals surface area contributed by atoms with E-state index in [-0.39, 0.29) is 12.2 Å². The number of ketones is 1. The molecule has 0 radical (unpaired) electrons. The molecule has 2 aromatic carbocycles. The highest BCUT2D eigenvalue weighted by molar-refractivity contribution is 9.10. The van der Waals surface area contributed by atoms with Crippen LogP contribution in [-0.2, 0) is 10.4 Å². The van der Waals surface area contributed by atoms with Crippen LogP contribution in [0, 0.1) is 0 Å². The standard InChI is InChI=1S/C19H17Br2NO3/c1-2-8-22-16-7-6-14(21)10-15(16)19(25,18(22)24)11-17(23)12-4-3-5-13(20)9-12/h3-7,9-10,25H,2,8,11H2,1H3/t19-/m0/s1. The van der Waals surface area contributed by atoms with Crippen LogP contribution in [-0.4, -0.2) is 23.3 Å². The van der Waals surface area contributed by atoms with Crippen molar-refractivity contribution in [1.82, 2.24) is 0 Å². The Hall–Kier alpha value is -1.50. The van der Waals surface area contributed by atoms with Crippen LogP contribution in [0.15, 0.2) is 51.4 Å². The fourth-order valence-corrected chi connectivity index (χ4v) is 3.90. The van der Waals surface area contributed by atoms with Gasteiger partial charge in [0.1, 0.15) is 0 Å². The minimum atomic E-state index is -1.84. The second-order valence-corrected chi connectivity index (χ2v) is 7.92. The highest BCUT2D eigenvalue weighted by Gasteiger charge is 2.50. The lowest BCUT2D eigenvalue weighted by Crippen LogP contribution is -2.42. The lowest BCUT2D eigenvalue weighted by atomic mass is 9.88. The first-order chi connectivity index (χ1) is 11.9. The van der Waals surface area contributed by atoms with Crippen LogP contribution in [0.25, 0.3) is 0 Å². The summed E-state index contributed by atoms with van der Waals surface area (Å²) in [7, 11) is 0. The molecule has 6 heteroatoms. The molecule has 2 aromatic rings. The van der Waals surface area contributed by atoms with Crippen LogP contribution >= 0.6 is 31.9 Å². The van der Waals surface area contributed by atoms with Gasteiger partial charge in [0.25, 0.3) is 5.91 Å². The average Bonchev–Trinajstić information content (AvgIpc) is 2.77. The summed E-state index contributed by atoms with van der Waals surface area (Å²) in [6.07, 6.45) is 0.475. The van der Waals surface area contributed by atoms with Crippen molar-refractivity contribution in [2.75, 3.05) is 11.4 Å². The Kier molecular flexibility index (Phi) is 5.14. The number of nitrogens with zero attached hydrogens (tertiary/aromatic N) is 1. The highest BCUT2D eigenvalue weighted by Crippen LogP contribution is 2.44. The molecular weight excluding hydrogens is 450 g/mol. The maximum Gasteiger partial charge on any atom is 0.264 e. The van der Waals surface area contributed by atoms with Crippen molar-refractivity contribution in [2.24, 2.45) is 0 Å². The summed E-state index contributed by atoms with van der Waals surface area (Å²) in [6, 6.07) is 12.3. The van der Waals surface area contributed by atoms with Crippen LogP contribution in [0.5, 0.6) is 0 Å². The number of carbonyl (C=O) groups excluding carboxylic acids is 2. The monoisotopic (exact) mass is 465 g/mol. The first-order valence-electron chi connectivity index (χ1n) is 8.00. The number of hydrogen-bond donors (Lipinski definition) is 1. The van der Waals surface area contributed by atoms with Gasteiger partial charge in [-0.25, -0.2) is 0 Å². The molecule has 0 aliphatic carbocycles. The maximum atomic E-state index is 12.9. The van der Waals surface area contributed by atoms with E-state index in [4.69, 9.17) is 0 Å². The molecule has 4 nitrogen and oxygen atoms in total. The number of fused-ring (bicyclic) bond motifs is 1. The Bertz CT molecular complexity index is 852. The molecular formula is C19H17Br2NO3. The first-order valence-corrected chi connectivity index (χ1v) is 9.58. The second kappa shape index (κ2) is 7.02. The molecule has 130 valence electrons. The van der Waals surface area contributed by atoms with E-state index < -0.39 is 11.5 Å². The largest absolute Gasteiger partial charge is 0.375 e. The van der Waals surface area contributed by atoms with Gasteiger partial charge in [-0.3, -0.25) is 9.59 Å². The number of Topliss-reactive ketones (excluding diaryl/α,β-unsaturated/α-hetero) is 1. The second-order valence-electron chi connectivity index (χ2n) is 6.09. The van der Waals surface area contributed by atoms with E-state index in [0.717, 1.165) is 15.4 Å². The molecule has 0 bridgehead atoms. The number of aliphatic hydroxyl groups is 1. The molecule has 0 saturated heterocycles. The quantitative estimate of drug-likeness (QED) is 0.663. The van der Waals surface area contributed by atoms with Crippen molar-refractivity contribution in [3.63, 3.8) is 0 Å². The van der Waals surface area contributed by atoms with E-state index in [9.17, 15) is 14.7 Å². The molecule has 0 unspecified atom stereocenters. The number of carbonyl (C=O) groups is 2. The third kappa shape index (κ3) is 3.30. The van der Waals surface area contributed by atoms with Gasteiger partial charge in [0, 0.05) is 26.6 Å². The van der Waals surface area contributed by atoms with Crippen LogP contribution in [0.2, 0.25) is 0 Å². The molecule has 1 aliphatic heterocycles. The van der Waals surface area contributed by atoms with Gasteiger partial charge in [0.05, 0.1) is 12.1 Å². The van der Waals surface area contributed by atoms with E-state index in [2.05, 4.69) is 31.9 Å². The van der Waals surface area contributed by atoms with Crippen molar-refractivity contribution < 1.29 is 14.7 Å². The van der Waals surface area contributed by atoms with Crippen molar-refractivity contribution in [2.45, 2.75) is 25.4 Å². The normalized spacial score (nSPS) is 19.2. The third-order valence-corrected chi connectivity index (χ3v) is 5.29. The predicted molar refractivity (Wildman–Crippen MR) is 104 cm³/mol. The van der Waals surface area contributed by atoms with Crippen LogP contribution in [0.4, 0.5) is 5.69 Å². The number of rotatable bonds is 5. The van der Waals surface area contributed by atoms with Crippen LogP contribution in [0.3, 0.4) is 0 Å². The van der Waals surface area contributed by atoms with Crippen molar-refractivity contribution in [3.05, 3.63) is 62.5 Å².